The molecule has 0 bridgehead atoms. The van der Waals surface area contributed by atoms with Crippen molar-refractivity contribution in [1.29, 1.82) is 0 Å². The Morgan fingerprint density at radius 2 is 2.47 bits per heavy atom. The van der Waals surface area contributed by atoms with Gasteiger partial charge in [-0.2, -0.15) is 0 Å². The number of aryl methyl sites for hydroxylation is 1. The molecule has 15 heavy (non-hydrogen) atoms. The average Bonchev–Trinajstić information content (AvgIpc) is 2.84. The maximum Gasteiger partial charge on any atom is 0.224 e. The predicted octanol–water partition coefficient (Wildman–Crippen LogP) is -0.772. The van der Waals surface area contributed by atoms with Crippen LogP contribution in [0.4, 0.5) is 0 Å². The minimum absolute atomic E-state index is 0.151. The first-order valence-electron chi connectivity index (χ1n) is 5.13. The smallest absolute Gasteiger partial charge is 0.224 e. The maximum absolute atomic E-state index is 11.7. The van der Waals surface area contributed by atoms with Gasteiger partial charge in [0.05, 0.1) is 12.7 Å². The third-order valence-corrected chi connectivity index (χ3v) is 2.60. The molecule has 82 valence electrons. The Hall–Kier alpha value is -1.43. The number of nitrogens with two attached hydrogens (primary N) is 1. The van der Waals surface area contributed by atoms with E-state index in [1.165, 1.54) is 0 Å². The maximum atomic E-state index is 11.7. The highest BCUT2D eigenvalue weighted by Crippen LogP contribution is 2.08. The Kier molecular flexibility index (Phi) is 2.96. The highest BCUT2D eigenvalue weighted by molar-refractivity contribution is 5.76. The van der Waals surface area contributed by atoms with Gasteiger partial charge in [0.1, 0.15) is 0 Å². The number of hydrogen-bond acceptors (Lipinski definition) is 4. The Balaban J connectivity index is 1.78. The third kappa shape index (κ3) is 2.53. The van der Waals surface area contributed by atoms with Crippen molar-refractivity contribution >= 4 is 5.91 Å². The van der Waals surface area contributed by atoms with E-state index in [1.807, 2.05) is 4.90 Å². The standard InChI is InChI=1S/C9H15N5O/c10-8-1-4-13(7-8)9(15)2-5-14-6-3-11-12-14/h3,6,8H,1-2,4-5,7,10H2/t8-/m1/s1. The largest absolute Gasteiger partial charge is 0.341 e. The van der Waals surface area contributed by atoms with Crippen molar-refractivity contribution in [3.8, 4) is 0 Å². The molecule has 2 N–H and O–H groups in total. The van der Waals surface area contributed by atoms with E-state index >= 15 is 0 Å². The Morgan fingerprint density at radius 3 is 3.07 bits per heavy atom. The predicted molar refractivity (Wildman–Crippen MR) is 53.8 cm³/mol. The van der Waals surface area contributed by atoms with Gasteiger partial charge in [-0.05, 0) is 6.42 Å². The summed E-state index contributed by atoms with van der Waals surface area (Å²) in [6, 6.07) is 0.153. The van der Waals surface area contributed by atoms with E-state index in [0.717, 1.165) is 13.0 Å². The van der Waals surface area contributed by atoms with Crippen LogP contribution in [0.3, 0.4) is 0 Å². The van der Waals surface area contributed by atoms with E-state index < -0.39 is 0 Å². The first kappa shape index (κ1) is 10.1. The molecular formula is C9H15N5O. The van der Waals surface area contributed by atoms with Crippen molar-refractivity contribution in [1.82, 2.24) is 19.9 Å². The normalized spacial score (nSPS) is 20.9. The van der Waals surface area contributed by atoms with Gasteiger partial charge >= 0.3 is 0 Å². The highest BCUT2D eigenvalue weighted by Gasteiger charge is 2.22. The number of rotatable bonds is 3. The summed E-state index contributed by atoms with van der Waals surface area (Å²) in [5.74, 6) is 0.151. The van der Waals surface area contributed by atoms with Gasteiger partial charge in [-0.15, -0.1) is 5.10 Å². The Labute approximate surface area is 88.0 Å². The molecule has 1 aromatic rings. The lowest BCUT2D eigenvalue weighted by atomic mass is 10.3. The van der Waals surface area contributed by atoms with Crippen LogP contribution >= 0.6 is 0 Å². The van der Waals surface area contributed by atoms with Gasteiger partial charge in [0, 0.05) is 31.7 Å². The van der Waals surface area contributed by atoms with Gasteiger partial charge < -0.3 is 10.6 Å². The Morgan fingerprint density at radius 1 is 1.60 bits per heavy atom. The molecule has 0 aromatic carbocycles. The lowest BCUT2D eigenvalue weighted by molar-refractivity contribution is -0.130. The van der Waals surface area contributed by atoms with E-state index in [4.69, 9.17) is 5.73 Å². The fraction of sp³-hybridized carbons (Fsp3) is 0.667. The van der Waals surface area contributed by atoms with Crippen molar-refractivity contribution in [2.24, 2.45) is 5.73 Å². The van der Waals surface area contributed by atoms with Crippen LogP contribution in [0.2, 0.25) is 0 Å². The molecular weight excluding hydrogens is 194 g/mol. The van der Waals surface area contributed by atoms with Gasteiger partial charge in [-0.3, -0.25) is 9.48 Å². The topological polar surface area (TPSA) is 77.0 Å². The highest BCUT2D eigenvalue weighted by atomic mass is 16.2. The molecule has 1 fully saturated rings. The number of likely N-dealkylation sites (tertiary alicyclic amines) is 1. The monoisotopic (exact) mass is 209 g/mol. The first-order valence-corrected chi connectivity index (χ1v) is 5.13. The number of nitrogens with zero attached hydrogens (tertiary/aromatic N) is 4. The summed E-state index contributed by atoms with van der Waals surface area (Å²) in [6.45, 7) is 2.07. The second kappa shape index (κ2) is 4.39. The minimum atomic E-state index is 0.151. The van der Waals surface area contributed by atoms with Gasteiger partial charge in [-0.25, -0.2) is 0 Å². The minimum Gasteiger partial charge on any atom is -0.341 e. The molecule has 0 aliphatic carbocycles. The van der Waals surface area contributed by atoms with Crippen LogP contribution in [0, 0.1) is 0 Å². The number of aromatic nitrogens is 3. The number of carbonyl (C=O) groups excluding carboxylic acids is 1. The third-order valence-electron chi connectivity index (χ3n) is 2.60. The zero-order valence-corrected chi connectivity index (χ0v) is 8.54. The fourth-order valence-corrected chi connectivity index (χ4v) is 1.73. The molecule has 0 spiro atoms. The van der Waals surface area contributed by atoms with Gasteiger partial charge in [0.25, 0.3) is 0 Å². The van der Waals surface area contributed by atoms with Crippen molar-refractivity contribution in [2.45, 2.75) is 25.4 Å². The van der Waals surface area contributed by atoms with Crippen molar-refractivity contribution in [3.63, 3.8) is 0 Å². The van der Waals surface area contributed by atoms with Crippen LogP contribution < -0.4 is 5.73 Å². The molecule has 0 saturated carbocycles. The van der Waals surface area contributed by atoms with E-state index in [0.29, 0.717) is 19.5 Å². The van der Waals surface area contributed by atoms with Crippen molar-refractivity contribution in [3.05, 3.63) is 12.4 Å². The van der Waals surface area contributed by atoms with Gasteiger partial charge in [0.15, 0.2) is 0 Å². The molecule has 2 rings (SSSR count). The lowest BCUT2D eigenvalue weighted by Gasteiger charge is -2.15. The molecule has 1 saturated heterocycles. The summed E-state index contributed by atoms with van der Waals surface area (Å²) >= 11 is 0. The van der Waals surface area contributed by atoms with E-state index in [2.05, 4.69) is 10.3 Å². The molecule has 2 heterocycles. The summed E-state index contributed by atoms with van der Waals surface area (Å²) in [5.41, 5.74) is 5.73. The molecule has 1 aromatic heterocycles. The summed E-state index contributed by atoms with van der Waals surface area (Å²) in [4.78, 5) is 13.5. The van der Waals surface area contributed by atoms with Crippen LogP contribution in [0.25, 0.3) is 0 Å². The SMILES string of the molecule is N[C@@H]1CCN(C(=O)CCn2ccnn2)C1. The second-order valence-corrected chi connectivity index (χ2v) is 3.80. The van der Waals surface area contributed by atoms with Crippen LogP contribution in [-0.2, 0) is 11.3 Å². The van der Waals surface area contributed by atoms with Crippen LogP contribution in [-0.4, -0.2) is 44.9 Å². The summed E-state index contributed by atoms with van der Waals surface area (Å²) in [6.07, 6.45) is 4.74. The Bertz CT molecular complexity index is 323. The summed E-state index contributed by atoms with van der Waals surface area (Å²) < 4.78 is 1.66. The number of carbonyl (C=O) groups is 1. The fourth-order valence-electron chi connectivity index (χ4n) is 1.73. The van der Waals surface area contributed by atoms with Crippen LogP contribution in [0.15, 0.2) is 12.4 Å². The molecule has 1 amide bonds. The average molecular weight is 209 g/mol. The number of hydrogen-bond donors (Lipinski definition) is 1. The van der Waals surface area contributed by atoms with E-state index in [1.54, 1.807) is 17.1 Å². The molecule has 0 radical (unpaired) electrons. The summed E-state index contributed by atoms with van der Waals surface area (Å²) in [7, 11) is 0. The molecule has 6 heteroatoms. The molecule has 6 nitrogen and oxygen atoms in total. The number of amides is 1. The van der Waals surface area contributed by atoms with Crippen molar-refractivity contribution in [2.75, 3.05) is 13.1 Å². The lowest BCUT2D eigenvalue weighted by Crippen LogP contribution is -2.32. The zero-order valence-electron chi connectivity index (χ0n) is 8.54. The molecule has 1 atom stereocenters. The quantitative estimate of drug-likeness (QED) is 0.709. The first-order chi connectivity index (χ1) is 7.25. The van der Waals surface area contributed by atoms with Crippen LogP contribution in [0.5, 0.6) is 0 Å². The molecule has 1 aliphatic heterocycles. The second-order valence-electron chi connectivity index (χ2n) is 3.80. The summed E-state index contributed by atoms with van der Waals surface area (Å²) in [5, 5.41) is 7.48. The van der Waals surface area contributed by atoms with Crippen molar-refractivity contribution < 1.29 is 4.79 Å². The molecule has 0 unspecified atom stereocenters. The molecule has 1 aliphatic rings. The van der Waals surface area contributed by atoms with E-state index in [-0.39, 0.29) is 11.9 Å². The zero-order chi connectivity index (χ0) is 10.7. The van der Waals surface area contributed by atoms with E-state index in [9.17, 15) is 4.79 Å². The van der Waals surface area contributed by atoms with Crippen LogP contribution in [0.1, 0.15) is 12.8 Å². The van der Waals surface area contributed by atoms with Gasteiger partial charge in [0.2, 0.25) is 5.91 Å². The van der Waals surface area contributed by atoms with Gasteiger partial charge in [-0.1, -0.05) is 5.21 Å².